The van der Waals surface area contributed by atoms with Crippen LogP contribution in [0.2, 0.25) is 0 Å². The molecule has 3 heterocycles. The molecular formula is C30H23N9O7S. The van der Waals surface area contributed by atoms with Gasteiger partial charge in [0, 0.05) is 18.7 Å². The Kier molecular flexibility index (Phi) is 7.28. The Labute approximate surface area is 267 Å². The second kappa shape index (κ2) is 11.6. The van der Waals surface area contributed by atoms with Gasteiger partial charge >= 0.3 is 10.6 Å². The highest BCUT2D eigenvalue weighted by Gasteiger charge is 2.27. The number of nitrogens with one attached hydrogen (secondary N) is 4. The molecule has 6 aromatic rings. The number of hydrogen-bond donors (Lipinski definition) is 5. The second-order valence-electron chi connectivity index (χ2n) is 10.8. The first-order chi connectivity index (χ1) is 22.7. The molecule has 1 atom stereocenters. The Bertz CT molecular complexity index is 2420. The van der Waals surface area contributed by atoms with Crippen LogP contribution in [0.3, 0.4) is 0 Å². The van der Waals surface area contributed by atoms with Crippen LogP contribution in [0.25, 0.3) is 17.2 Å². The molecule has 2 amide bonds. The number of nitrogens with zero attached hydrogens (tertiary/aromatic N) is 4. The molecule has 3 aromatic carbocycles. The van der Waals surface area contributed by atoms with Crippen molar-refractivity contribution in [1.29, 1.82) is 0 Å². The molecule has 3 aromatic heterocycles. The van der Waals surface area contributed by atoms with Gasteiger partial charge in [-0.25, -0.2) is 14.2 Å². The third-order valence-electron chi connectivity index (χ3n) is 7.89. The van der Waals surface area contributed by atoms with E-state index in [-0.39, 0.29) is 52.5 Å². The van der Waals surface area contributed by atoms with E-state index >= 15 is 0 Å². The number of benzene rings is 2. The van der Waals surface area contributed by atoms with Gasteiger partial charge in [-0.05, 0) is 64.6 Å². The number of carbonyl (C=O) groups is 2. The normalized spacial score (nSPS) is 13.9. The molecule has 1 aliphatic carbocycles. The number of H-pyrrole nitrogens is 1. The number of anilines is 2. The number of aromatic nitrogens is 5. The standard InChI is InChI=1S/C30H23N9O7S/c31-21-22(24(41)23(21)40)32-11-13-2-1-3-14(8-13)12-33-26(42)19-10-20(39-28(35-19)38-46-30(39)47)27(43)34-18-7-5-15-9-16(4-6-17(15)18)25-36-29(44)45-37-25/h1-4,6,8-10,18,32H,5,7,11-12,31H2,(H,33,42)(H,34,43)(H,36,37,44)/t18-/m0/s1. The molecule has 0 saturated carbocycles. The zero-order valence-electron chi connectivity index (χ0n) is 24.2. The van der Waals surface area contributed by atoms with Crippen LogP contribution in [-0.4, -0.2) is 36.5 Å². The average molecular weight is 654 g/mol. The smallest absolute Gasteiger partial charge is 0.394 e. The molecule has 0 fully saturated rings. The third-order valence-corrected chi connectivity index (χ3v) is 8.15. The fourth-order valence-corrected chi connectivity index (χ4v) is 5.75. The van der Waals surface area contributed by atoms with Crippen molar-refractivity contribution in [2.75, 3.05) is 11.1 Å². The molecule has 0 unspecified atom stereocenters. The molecule has 236 valence electrons. The molecule has 0 bridgehead atoms. The van der Waals surface area contributed by atoms with E-state index in [1.54, 1.807) is 18.2 Å². The van der Waals surface area contributed by atoms with Gasteiger partial charge < -0.3 is 26.2 Å². The van der Waals surface area contributed by atoms with Gasteiger partial charge in [-0.3, -0.25) is 28.7 Å². The van der Waals surface area contributed by atoms with E-state index in [9.17, 15) is 24.0 Å². The number of fused-ring (bicyclic) bond motifs is 2. The average Bonchev–Trinajstić information content (AvgIpc) is 3.81. The minimum absolute atomic E-state index is 0.0160. The van der Waals surface area contributed by atoms with Gasteiger partial charge in [0.05, 0.1) is 6.04 Å². The number of amides is 2. The number of aryl methyl sites for hydroxylation is 1. The van der Waals surface area contributed by atoms with Gasteiger partial charge in [0.25, 0.3) is 28.4 Å². The van der Waals surface area contributed by atoms with E-state index in [0.29, 0.717) is 24.2 Å². The van der Waals surface area contributed by atoms with Crippen molar-refractivity contribution in [2.45, 2.75) is 32.0 Å². The highest BCUT2D eigenvalue weighted by Crippen LogP contribution is 2.33. The van der Waals surface area contributed by atoms with E-state index in [1.165, 1.54) is 10.5 Å². The van der Waals surface area contributed by atoms with Crippen molar-refractivity contribution in [3.63, 3.8) is 0 Å². The number of hydrogen-bond acceptors (Lipinski definition) is 13. The molecule has 1 aliphatic rings. The van der Waals surface area contributed by atoms with Crippen LogP contribution < -0.4 is 38.3 Å². The van der Waals surface area contributed by atoms with Crippen LogP contribution >= 0.6 is 12.2 Å². The van der Waals surface area contributed by atoms with E-state index in [1.807, 2.05) is 24.3 Å². The Balaban J connectivity index is 1.06. The van der Waals surface area contributed by atoms with Crippen molar-refractivity contribution < 1.29 is 18.6 Å². The van der Waals surface area contributed by atoms with Crippen LogP contribution in [0.5, 0.6) is 0 Å². The van der Waals surface area contributed by atoms with E-state index < -0.39 is 28.4 Å². The summed E-state index contributed by atoms with van der Waals surface area (Å²) in [6.07, 6.45) is 1.29. The van der Waals surface area contributed by atoms with Crippen molar-refractivity contribution in [3.05, 3.63) is 118 Å². The van der Waals surface area contributed by atoms with Gasteiger partial charge in [0.15, 0.2) is 5.82 Å². The minimum atomic E-state index is -0.702. The first-order valence-electron chi connectivity index (χ1n) is 14.2. The molecule has 0 saturated heterocycles. The summed E-state index contributed by atoms with van der Waals surface area (Å²) in [5, 5.41) is 16.2. The molecule has 0 aliphatic heterocycles. The van der Waals surface area contributed by atoms with E-state index in [0.717, 1.165) is 22.3 Å². The maximum Gasteiger partial charge on any atom is 0.439 e. The summed E-state index contributed by atoms with van der Waals surface area (Å²) in [6.45, 7) is 0.368. The fraction of sp³-hybridized carbons (Fsp3) is 0.167. The molecule has 7 rings (SSSR count). The monoisotopic (exact) mass is 653 g/mol. The molecular weight excluding hydrogens is 630 g/mol. The molecule has 0 spiro atoms. The van der Waals surface area contributed by atoms with Crippen LogP contribution in [0.1, 0.15) is 55.7 Å². The highest BCUT2D eigenvalue weighted by molar-refractivity contribution is 7.71. The van der Waals surface area contributed by atoms with Crippen molar-refractivity contribution in [2.24, 2.45) is 0 Å². The van der Waals surface area contributed by atoms with Crippen LogP contribution in [-0.2, 0) is 19.5 Å². The van der Waals surface area contributed by atoms with E-state index in [2.05, 4.69) is 40.8 Å². The summed E-state index contributed by atoms with van der Waals surface area (Å²) in [5.74, 6) is -1.49. The lowest BCUT2D eigenvalue weighted by molar-refractivity contribution is 0.0929. The lowest BCUT2D eigenvalue weighted by Crippen LogP contribution is -2.36. The SMILES string of the molecule is Nc1c(NCc2cccc(CNC(=O)c3cc(C(=O)N[C@H]4CCc5cc(-c6noc(=O)[nH]6)ccc54)n4c(=S)onc4n3)c2)c(=O)c1=O. The number of carbonyl (C=O) groups excluding carboxylic acids is 2. The van der Waals surface area contributed by atoms with Crippen molar-refractivity contribution >= 4 is 41.2 Å². The van der Waals surface area contributed by atoms with Gasteiger partial charge in [0.1, 0.15) is 22.8 Å². The predicted octanol–water partition coefficient (Wildman–Crippen LogP) is 1.53. The Hall–Kier alpha value is -6.23. The molecule has 16 nitrogen and oxygen atoms in total. The highest BCUT2D eigenvalue weighted by atomic mass is 32.1. The lowest BCUT2D eigenvalue weighted by Gasteiger charge is -2.15. The summed E-state index contributed by atoms with van der Waals surface area (Å²) in [5.41, 5.74) is 8.25. The van der Waals surface area contributed by atoms with Crippen molar-refractivity contribution in [1.82, 2.24) is 35.3 Å². The van der Waals surface area contributed by atoms with Crippen LogP contribution in [0.4, 0.5) is 11.4 Å². The third kappa shape index (κ3) is 5.48. The van der Waals surface area contributed by atoms with Crippen LogP contribution in [0.15, 0.2) is 72.0 Å². The van der Waals surface area contributed by atoms with Gasteiger partial charge in [-0.2, -0.15) is 0 Å². The van der Waals surface area contributed by atoms with Gasteiger partial charge in [-0.15, -0.1) is 0 Å². The van der Waals surface area contributed by atoms with Crippen LogP contribution in [0, 0.1) is 4.84 Å². The molecule has 17 heteroatoms. The van der Waals surface area contributed by atoms with E-state index in [4.69, 9.17) is 22.5 Å². The number of nitrogen functional groups attached to an aromatic ring is 1. The number of aromatic amines is 1. The summed E-state index contributed by atoms with van der Waals surface area (Å²) in [6, 6.07) is 13.7. The maximum atomic E-state index is 13.6. The number of nitrogens with two attached hydrogens (primary N) is 1. The predicted molar refractivity (Wildman–Crippen MR) is 168 cm³/mol. The Morgan fingerprint density at radius 1 is 1.00 bits per heavy atom. The second-order valence-corrected chi connectivity index (χ2v) is 11.2. The number of rotatable bonds is 9. The molecule has 0 radical (unpaired) electrons. The minimum Gasteiger partial charge on any atom is -0.394 e. The Morgan fingerprint density at radius 3 is 2.57 bits per heavy atom. The molecule has 47 heavy (non-hydrogen) atoms. The molecule has 6 N–H and O–H groups in total. The first-order valence-corrected chi connectivity index (χ1v) is 14.7. The fourth-order valence-electron chi connectivity index (χ4n) is 5.54. The van der Waals surface area contributed by atoms with Gasteiger partial charge in [-0.1, -0.05) is 41.6 Å². The summed E-state index contributed by atoms with van der Waals surface area (Å²) >= 11 is 5.23. The summed E-state index contributed by atoms with van der Waals surface area (Å²) in [4.78, 5) is 67.8. The maximum absolute atomic E-state index is 13.6. The summed E-state index contributed by atoms with van der Waals surface area (Å²) in [7, 11) is 0. The largest absolute Gasteiger partial charge is 0.439 e. The lowest BCUT2D eigenvalue weighted by atomic mass is 10.0. The Morgan fingerprint density at radius 2 is 1.81 bits per heavy atom. The topological polar surface area (TPSA) is 233 Å². The summed E-state index contributed by atoms with van der Waals surface area (Å²) < 4.78 is 10.9. The van der Waals surface area contributed by atoms with Gasteiger partial charge in [0.2, 0.25) is 0 Å². The first kappa shape index (κ1) is 29.5. The zero-order valence-corrected chi connectivity index (χ0v) is 25.0. The zero-order chi connectivity index (χ0) is 32.8. The quantitative estimate of drug-likeness (QED) is 0.110. The van der Waals surface area contributed by atoms with Crippen molar-refractivity contribution in [3.8, 4) is 11.4 Å².